The zero-order valence-corrected chi connectivity index (χ0v) is 27.9. The van der Waals surface area contributed by atoms with Crippen LogP contribution in [0.3, 0.4) is 0 Å². The molecular weight excluding hydrogens is 644 g/mol. The van der Waals surface area contributed by atoms with Crippen LogP contribution in [-0.2, 0) is 15.9 Å². The van der Waals surface area contributed by atoms with E-state index in [-0.39, 0.29) is 28.9 Å². The van der Waals surface area contributed by atoms with E-state index >= 15 is 0 Å². The summed E-state index contributed by atoms with van der Waals surface area (Å²) in [6.45, 7) is 0. The molecule has 0 saturated heterocycles. The Morgan fingerprint density at radius 1 is 0.490 bits per heavy atom. The van der Waals surface area contributed by atoms with Crippen molar-refractivity contribution in [2.75, 3.05) is 14.1 Å². The number of aromatic hydroxyl groups is 4. The molecule has 0 radical (unpaired) electrons. The minimum absolute atomic E-state index is 0.0586. The van der Waals surface area contributed by atoms with E-state index in [9.17, 15) is 30.0 Å². The van der Waals surface area contributed by atoms with E-state index in [1.807, 2.05) is 60.7 Å². The van der Waals surface area contributed by atoms with E-state index < -0.39 is 17.1 Å². The van der Waals surface area contributed by atoms with Crippen molar-refractivity contribution in [2.24, 2.45) is 5.73 Å². The summed E-state index contributed by atoms with van der Waals surface area (Å²) in [5.41, 5.74) is 8.58. The Morgan fingerprint density at radius 2 is 0.843 bits per heavy atom. The van der Waals surface area contributed by atoms with Crippen LogP contribution in [0.4, 0.5) is 0 Å². The standard InChI is InChI=1S/C21H17NO3.C20H14O4.CH5N/c1-22-20(25)18-4-2-3-5-19(18)21(22,14-6-10-16(23)11-7-14)15-8-12-17(24)13-9-15;21-15-9-5-13(6-10-15)20(14-7-11-16(22)12-8-14)18-4-2-1-3-17(18)19(23)24-20;1-2/h2-13,23-24H,1H3;1-12,21-22H;2H2,1H3. The number of nitrogens with two attached hydrogens (primary N) is 1. The largest absolute Gasteiger partial charge is 0.508 e. The van der Waals surface area contributed by atoms with Crippen LogP contribution in [0.15, 0.2) is 146 Å². The van der Waals surface area contributed by atoms with Crippen LogP contribution in [0, 0.1) is 0 Å². The minimum Gasteiger partial charge on any atom is -0.508 e. The number of hydrogen-bond donors (Lipinski definition) is 5. The SMILES string of the molecule is CN.CN1C(=O)c2ccccc2C1(c1ccc(O)cc1)c1ccc(O)cc1.O=C1OC(c2ccc(O)cc2)(c2ccc(O)cc2)c2ccccc21. The van der Waals surface area contributed by atoms with Crippen LogP contribution >= 0.6 is 0 Å². The Hall–Kier alpha value is -6.58. The number of carbonyl (C=O) groups is 2. The Kier molecular flexibility index (Phi) is 9.24. The number of nitrogens with zero attached hydrogens (tertiary/aromatic N) is 1. The van der Waals surface area contributed by atoms with E-state index in [1.54, 1.807) is 96.9 Å². The highest BCUT2D eigenvalue weighted by Gasteiger charge is 2.50. The Balaban J connectivity index is 0.000000168. The van der Waals surface area contributed by atoms with Crippen molar-refractivity contribution in [1.29, 1.82) is 0 Å². The summed E-state index contributed by atoms with van der Waals surface area (Å²) in [6.07, 6.45) is 0. The van der Waals surface area contributed by atoms with Gasteiger partial charge in [0.15, 0.2) is 5.60 Å². The van der Waals surface area contributed by atoms with Crippen molar-refractivity contribution < 1.29 is 34.8 Å². The Morgan fingerprint density at radius 3 is 1.27 bits per heavy atom. The van der Waals surface area contributed by atoms with Gasteiger partial charge in [-0.05, 0) is 84.4 Å². The second-order valence-corrected chi connectivity index (χ2v) is 11.9. The molecule has 2 aliphatic heterocycles. The van der Waals surface area contributed by atoms with Gasteiger partial charge in [0.05, 0.1) is 5.56 Å². The van der Waals surface area contributed by atoms with Crippen molar-refractivity contribution in [3.8, 4) is 23.0 Å². The first-order chi connectivity index (χ1) is 24.7. The van der Waals surface area contributed by atoms with Gasteiger partial charge in [0, 0.05) is 29.3 Å². The normalized spacial score (nSPS) is 14.6. The van der Waals surface area contributed by atoms with Crippen LogP contribution < -0.4 is 5.73 Å². The molecule has 0 spiro atoms. The maximum absolute atomic E-state index is 12.9. The zero-order valence-electron chi connectivity index (χ0n) is 27.9. The lowest BCUT2D eigenvalue weighted by Crippen LogP contribution is -2.43. The van der Waals surface area contributed by atoms with Crippen molar-refractivity contribution in [3.63, 3.8) is 0 Å². The molecule has 6 aromatic rings. The summed E-state index contributed by atoms with van der Waals surface area (Å²) in [6, 6.07) is 41.8. The van der Waals surface area contributed by atoms with Gasteiger partial charge in [-0.2, -0.15) is 0 Å². The molecule has 51 heavy (non-hydrogen) atoms. The molecule has 256 valence electrons. The summed E-state index contributed by atoms with van der Waals surface area (Å²) in [5.74, 6) is 0.160. The average Bonchev–Trinajstić information content (AvgIpc) is 3.59. The average molecular weight is 681 g/mol. The fourth-order valence-electron chi connectivity index (χ4n) is 6.97. The molecule has 0 aromatic heterocycles. The number of benzene rings is 6. The van der Waals surface area contributed by atoms with Gasteiger partial charge in [0.2, 0.25) is 0 Å². The number of rotatable bonds is 4. The van der Waals surface area contributed by atoms with Gasteiger partial charge in [0.25, 0.3) is 5.91 Å². The van der Waals surface area contributed by atoms with Gasteiger partial charge in [-0.15, -0.1) is 0 Å². The molecule has 0 unspecified atom stereocenters. The molecular formula is C42H36N2O7. The number of fused-ring (bicyclic) bond motifs is 2. The quantitative estimate of drug-likeness (QED) is 0.130. The summed E-state index contributed by atoms with van der Waals surface area (Å²) in [5, 5.41) is 38.6. The third-order valence-corrected chi connectivity index (χ3v) is 9.24. The van der Waals surface area contributed by atoms with Gasteiger partial charge in [0.1, 0.15) is 28.5 Å². The van der Waals surface area contributed by atoms with Gasteiger partial charge >= 0.3 is 5.97 Å². The van der Waals surface area contributed by atoms with E-state index in [1.165, 1.54) is 7.05 Å². The van der Waals surface area contributed by atoms with Crippen molar-refractivity contribution >= 4 is 11.9 Å². The molecule has 0 atom stereocenters. The molecule has 9 heteroatoms. The lowest BCUT2D eigenvalue weighted by atomic mass is 9.77. The Labute approximate surface area is 295 Å². The van der Waals surface area contributed by atoms with Gasteiger partial charge in [-0.1, -0.05) is 84.9 Å². The highest BCUT2D eigenvalue weighted by molar-refractivity contribution is 6.01. The predicted molar refractivity (Wildman–Crippen MR) is 193 cm³/mol. The van der Waals surface area contributed by atoms with Crippen molar-refractivity contribution in [3.05, 3.63) is 190 Å². The summed E-state index contributed by atoms with van der Waals surface area (Å²) >= 11 is 0. The smallest absolute Gasteiger partial charge is 0.340 e. The lowest BCUT2D eigenvalue weighted by Gasteiger charge is -2.38. The topological polar surface area (TPSA) is 154 Å². The van der Waals surface area contributed by atoms with E-state index in [0.717, 1.165) is 33.4 Å². The second kappa shape index (κ2) is 13.7. The molecule has 0 aliphatic carbocycles. The molecule has 0 saturated carbocycles. The molecule has 6 aromatic carbocycles. The van der Waals surface area contributed by atoms with Gasteiger partial charge in [-0.3, -0.25) is 4.79 Å². The highest BCUT2D eigenvalue weighted by atomic mass is 16.6. The number of hydrogen-bond acceptors (Lipinski definition) is 8. The fourth-order valence-corrected chi connectivity index (χ4v) is 6.97. The highest BCUT2D eigenvalue weighted by Crippen LogP contribution is 2.49. The third kappa shape index (κ3) is 5.69. The number of phenolic OH excluding ortho intramolecular Hbond substituents is 4. The third-order valence-electron chi connectivity index (χ3n) is 9.24. The molecule has 6 N–H and O–H groups in total. The van der Waals surface area contributed by atoms with E-state index in [4.69, 9.17) is 4.74 Å². The Bertz CT molecular complexity index is 2090. The summed E-state index contributed by atoms with van der Waals surface area (Å²) in [7, 11) is 3.28. The molecule has 0 fully saturated rings. The first kappa shape index (κ1) is 34.3. The number of cyclic esters (lactones) is 1. The number of phenols is 4. The first-order valence-electron chi connectivity index (χ1n) is 16.1. The second-order valence-electron chi connectivity index (χ2n) is 11.9. The molecule has 0 bridgehead atoms. The molecule has 9 nitrogen and oxygen atoms in total. The molecule has 2 aliphatic rings. The summed E-state index contributed by atoms with van der Waals surface area (Å²) < 4.78 is 5.87. The van der Waals surface area contributed by atoms with Gasteiger partial charge in [-0.25, -0.2) is 4.79 Å². The molecule has 8 rings (SSSR count). The first-order valence-corrected chi connectivity index (χ1v) is 16.1. The van der Waals surface area contributed by atoms with E-state index in [0.29, 0.717) is 11.1 Å². The monoisotopic (exact) mass is 680 g/mol. The number of ether oxygens (including phenoxy) is 1. The maximum atomic E-state index is 12.9. The van der Waals surface area contributed by atoms with E-state index in [2.05, 4.69) is 5.73 Å². The molecule has 1 amide bonds. The molecule has 2 heterocycles. The number of carbonyl (C=O) groups excluding carboxylic acids is 2. The fraction of sp³-hybridized carbons (Fsp3) is 0.0952. The van der Waals surface area contributed by atoms with Crippen LogP contribution in [0.5, 0.6) is 23.0 Å². The van der Waals surface area contributed by atoms with Crippen LogP contribution in [0.25, 0.3) is 0 Å². The van der Waals surface area contributed by atoms with Crippen LogP contribution in [0.1, 0.15) is 54.1 Å². The van der Waals surface area contributed by atoms with Crippen molar-refractivity contribution in [1.82, 2.24) is 4.90 Å². The zero-order chi connectivity index (χ0) is 36.3. The summed E-state index contributed by atoms with van der Waals surface area (Å²) in [4.78, 5) is 27.1. The predicted octanol–water partition coefficient (Wildman–Crippen LogP) is 6.61. The maximum Gasteiger partial charge on any atom is 0.340 e. The van der Waals surface area contributed by atoms with Gasteiger partial charge < -0.3 is 35.8 Å². The lowest BCUT2D eigenvalue weighted by molar-refractivity contribution is 0.0251. The van der Waals surface area contributed by atoms with Crippen LogP contribution in [0.2, 0.25) is 0 Å². The van der Waals surface area contributed by atoms with Crippen LogP contribution in [-0.4, -0.2) is 51.3 Å². The number of esters is 1. The number of amides is 1. The minimum atomic E-state index is -1.10. The van der Waals surface area contributed by atoms with Crippen molar-refractivity contribution in [2.45, 2.75) is 11.1 Å².